The molecule has 2 rings (SSSR count). The van der Waals surface area contributed by atoms with Crippen LogP contribution in [0.3, 0.4) is 0 Å². The quantitative estimate of drug-likeness (QED) is 0.845. The fourth-order valence-electron chi connectivity index (χ4n) is 2.48. The molecule has 0 saturated heterocycles. The Bertz CT molecular complexity index is 638. The molecule has 4 nitrogen and oxygen atoms in total. The Morgan fingerprint density at radius 3 is 2.56 bits per heavy atom. The molecular formula is C14H15NO3. The van der Waals surface area contributed by atoms with Crippen molar-refractivity contribution in [2.45, 2.75) is 26.8 Å². The summed E-state index contributed by atoms with van der Waals surface area (Å²) in [4.78, 5) is 22.5. The Morgan fingerprint density at radius 2 is 2.06 bits per heavy atom. The van der Waals surface area contributed by atoms with E-state index in [0.717, 1.165) is 12.0 Å². The largest absolute Gasteiger partial charge is 0.478 e. The maximum absolute atomic E-state index is 11.3. The third-order valence-corrected chi connectivity index (χ3v) is 3.18. The summed E-state index contributed by atoms with van der Waals surface area (Å²) in [5.74, 6) is -0.975. The highest BCUT2D eigenvalue weighted by Crippen LogP contribution is 2.30. The number of hydrogen-bond acceptors (Lipinski definition) is 2. The smallest absolute Gasteiger partial charge is 0.337 e. The van der Waals surface area contributed by atoms with Crippen LogP contribution < -0.4 is 0 Å². The molecule has 0 radical (unpaired) electrons. The summed E-state index contributed by atoms with van der Waals surface area (Å²) in [6.07, 6.45) is 0.794. The van der Waals surface area contributed by atoms with Crippen LogP contribution in [-0.4, -0.2) is 21.9 Å². The van der Waals surface area contributed by atoms with Crippen LogP contribution in [0.15, 0.2) is 18.2 Å². The van der Waals surface area contributed by atoms with Crippen molar-refractivity contribution < 1.29 is 14.7 Å². The molecule has 0 aliphatic heterocycles. The average molecular weight is 245 g/mol. The fourth-order valence-corrected chi connectivity index (χ4v) is 2.48. The number of hydrogen-bond donors (Lipinski definition) is 1. The van der Waals surface area contributed by atoms with Gasteiger partial charge < -0.3 is 9.67 Å². The highest BCUT2D eigenvalue weighted by molar-refractivity contribution is 6.08. The van der Waals surface area contributed by atoms with E-state index >= 15 is 0 Å². The minimum absolute atomic E-state index is 0.0988. The number of aromatic carboxylic acids is 1. The first-order valence-electron chi connectivity index (χ1n) is 5.81. The van der Waals surface area contributed by atoms with Crippen LogP contribution in [0.25, 0.3) is 10.9 Å². The molecule has 0 bridgehead atoms. The zero-order valence-electron chi connectivity index (χ0n) is 10.6. The SMILES string of the molecule is Cc1c(C=O)c2cccc(C(=O)O)c2n1C(C)C. The minimum atomic E-state index is -0.975. The zero-order chi connectivity index (χ0) is 13.4. The van der Waals surface area contributed by atoms with Gasteiger partial charge in [-0.2, -0.15) is 0 Å². The van der Waals surface area contributed by atoms with Gasteiger partial charge in [0.05, 0.1) is 11.1 Å². The maximum Gasteiger partial charge on any atom is 0.337 e. The fraction of sp³-hybridized carbons (Fsp3) is 0.286. The maximum atomic E-state index is 11.3. The second-order valence-corrected chi connectivity index (χ2v) is 4.59. The lowest BCUT2D eigenvalue weighted by Crippen LogP contribution is -2.07. The van der Waals surface area contributed by atoms with E-state index in [0.29, 0.717) is 16.5 Å². The van der Waals surface area contributed by atoms with Gasteiger partial charge in [-0.1, -0.05) is 12.1 Å². The molecule has 0 aliphatic rings. The van der Waals surface area contributed by atoms with Crippen molar-refractivity contribution in [3.63, 3.8) is 0 Å². The van der Waals surface area contributed by atoms with E-state index < -0.39 is 5.97 Å². The molecule has 1 heterocycles. The lowest BCUT2D eigenvalue weighted by atomic mass is 10.1. The molecule has 0 fully saturated rings. The molecule has 1 aromatic heterocycles. The predicted octanol–water partition coefficient (Wildman–Crippen LogP) is 3.04. The standard InChI is InChI=1S/C14H15NO3/c1-8(2)15-9(3)12(7-16)10-5-4-6-11(13(10)15)14(17)18/h4-8H,1-3H3,(H,17,18). The van der Waals surface area contributed by atoms with Crippen molar-refractivity contribution >= 4 is 23.2 Å². The lowest BCUT2D eigenvalue weighted by molar-refractivity contribution is 0.0698. The van der Waals surface area contributed by atoms with Gasteiger partial charge >= 0.3 is 5.97 Å². The highest BCUT2D eigenvalue weighted by atomic mass is 16.4. The summed E-state index contributed by atoms with van der Waals surface area (Å²) in [6, 6.07) is 5.12. The number of carboxylic acids is 1. The number of carbonyl (C=O) groups is 2. The summed E-state index contributed by atoms with van der Waals surface area (Å²) in [6.45, 7) is 5.79. The molecule has 1 N–H and O–H groups in total. The highest BCUT2D eigenvalue weighted by Gasteiger charge is 2.20. The molecule has 2 aromatic rings. The van der Waals surface area contributed by atoms with E-state index in [1.54, 1.807) is 18.2 Å². The molecule has 0 atom stereocenters. The first-order valence-corrected chi connectivity index (χ1v) is 5.81. The third-order valence-electron chi connectivity index (χ3n) is 3.18. The molecule has 0 amide bonds. The average Bonchev–Trinajstić information content (AvgIpc) is 2.59. The number of carboxylic acid groups (broad SMARTS) is 1. The van der Waals surface area contributed by atoms with Gasteiger partial charge in [0.25, 0.3) is 0 Å². The molecule has 0 unspecified atom stereocenters. The van der Waals surface area contributed by atoms with Gasteiger partial charge in [-0.25, -0.2) is 4.79 Å². The molecule has 0 aliphatic carbocycles. The van der Waals surface area contributed by atoms with Crippen molar-refractivity contribution in [2.24, 2.45) is 0 Å². The van der Waals surface area contributed by atoms with E-state index in [2.05, 4.69) is 0 Å². The van der Waals surface area contributed by atoms with Crippen LogP contribution in [-0.2, 0) is 0 Å². The van der Waals surface area contributed by atoms with Crippen molar-refractivity contribution in [1.82, 2.24) is 4.57 Å². The van der Waals surface area contributed by atoms with Crippen molar-refractivity contribution in [2.75, 3.05) is 0 Å². The predicted molar refractivity (Wildman–Crippen MR) is 69.4 cm³/mol. The molecule has 4 heteroatoms. The molecule has 1 aromatic carbocycles. The van der Waals surface area contributed by atoms with Gasteiger partial charge in [-0.3, -0.25) is 4.79 Å². The third kappa shape index (κ3) is 1.61. The normalized spacial score (nSPS) is 11.1. The van der Waals surface area contributed by atoms with Crippen LogP contribution >= 0.6 is 0 Å². The summed E-state index contributed by atoms with van der Waals surface area (Å²) in [7, 11) is 0. The topological polar surface area (TPSA) is 59.3 Å². The minimum Gasteiger partial charge on any atom is -0.478 e. The van der Waals surface area contributed by atoms with E-state index in [4.69, 9.17) is 0 Å². The number of benzene rings is 1. The molecule has 94 valence electrons. The number of carbonyl (C=O) groups excluding carboxylic acids is 1. The summed E-state index contributed by atoms with van der Waals surface area (Å²) in [5.41, 5.74) is 2.24. The van der Waals surface area contributed by atoms with Crippen LogP contribution in [0.1, 0.15) is 46.3 Å². The van der Waals surface area contributed by atoms with Crippen LogP contribution in [0.4, 0.5) is 0 Å². The molecule has 0 spiro atoms. The Kier molecular flexibility index (Phi) is 2.95. The molecule has 18 heavy (non-hydrogen) atoms. The lowest BCUT2D eigenvalue weighted by Gasteiger charge is -2.13. The number of aromatic nitrogens is 1. The van der Waals surface area contributed by atoms with Crippen LogP contribution in [0.2, 0.25) is 0 Å². The van der Waals surface area contributed by atoms with Gasteiger partial charge in [0.1, 0.15) is 0 Å². The first kappa shape index (κ1) is 12.4. The summed E-state index contributed by atoms with van der Waals surface area (Å²) >= 11 is 0. The van der Waals surface area contributed by atoms with Gasteiger partial charge in [-0.05, 0) is 26.8 Å². The zero-order valence-corrected chi connectivity index (χ0v) is 10.6. The Hall–Kier alpha value is -2.10. The Labute approximate surface area is 105 Å². The first-order chi connectivity index (χ1) is 8.49. The van der Waals surface area contributed by atoms with Gasteiger partial charge in [0.2, 0.25) is 0 Å². The molecule has 0 saturated carbocycles. The number of rotatable bonds is 3. The van der Waals surface area contributed by atoms with E-state index in [9.17, 15) is 14.7 Å². The van der Waals surface area contributed by atoms with Crippen molar-refractivity contribution in [3.05, 3.63) is 35.0 Å². The van der Waals surface area contributed by atoms with E-state index in [1.807, 2.05) is 25.3 Å². The molecular weight excluding hydrogens is 230 g/mol. The van der Waals surface area contributed by atoms with E-state index in [1.165, 1.54) is 0 Å². The van der Waals surface area contributed by atoms with Crippen molar-refractivity contribution in [1.29, 1.82) is 0 Å². The second kappa shape index (κ2) is 4.29. The van der Waals surface area contributed by atoms with Gasteiger partial charge in [-0.15, -0.1) is 0 Å². The Balaban J connectivity index is 3.01. The van der Waals surface area contributed by atoms with Crippen LogP contribution in [0, 0.1) is 6.92 Å². The number of aldehydes is 1. The summed E-state index contributed by atoms with van der Waals surface area (Å²) in [5, 5.41) is 9.96. The number of fused-ring (bicyclic) bond motifs is 1. The van der Waals surface area contributed by atoms with Crippen molar-refractivity contribution in [3.8, 4) is 0 Å². The van der Waals surface area contributed by atoms with E-state index in [-0.39, 0.29) is 11.6 Å². The monoisotopic (exact) mass is 245 g/mol. The second-order valence-electron chi connectivity index (χ2n) is 4.59. The number of nitrogens with zero attached hydrogens (tertiary/aromatic N) is 1. The van der Waals surface area contributed by atoms with Crippen LogP contribution in [0.5, 0.6) is 0 Å². The summed E-state index contributed by atoms with van der Waals surface area (Å²) < 4.78 is 1.91. The van der Waals surface area contributed by atoms with Gasteiger partial charge in [0.15, 0.2) is 6.29 Å². The number of para-hydroxylation sites is 1. The Morgan fingerprint density at radius 1 is 1.39 bits per heavy atom. The van der Waals surface area contributed by atoms with Gasteiger partial charge in [0, 0.05) is 22.7 Å².